The normalized spacial score (nSPS) is 28.8. The van der Waals surface area contributed by atoms with Crippen LogP contribution in [-0.2, 0) is 14.3 Å². The Bertz CT molecular complexity index is 408. The number of carbonyl (C=O) groups excluding carboxylic acids is 2. The minimum Gasteiger partial charge on any atom is -0.458 e. The van der Waals surface area contributed by atoms with Crippen molar-refractivity contribution in [3.05, 3.63) is 0 Å². The number of carbonyl (C=O) groups is 2. The Balaban J connectivity index is 2.63. The number of esters is 1. The predicted molar refractivity (Wildman–Crippen MR) is 89.7 cm³/mol. The van der Waals surface area contributed by atoms with Crippen LogP contribution in [0.5, 0.6) is 0 Å². The summed E-state index contributed by atoms with van der Waals surface area (Å²) in [6.07, 6.45) is 1.79. The van der Waals surface area contributed by atoms with Crippen LogP contribution in [0.1, 0.15) is 60.8 Å². The number of ether oxygens (including phenoxy) is 1. The average molecular weight is 327 g/mol. The summed E-state index contributed by atoms with van der Waals surface area (Å²) in [5.41, 5.74) is 0. The molecular formula is C18H33NO4. The fourth-order valence-electron chi connectivity index (χ4n) is 3.27. The zero-order chi connectivity index (χ0) is 17.7. The number of nitrogens with one attached hydrogen (secondary N) is 1. The molecule has 0 aromatic rings. The van der Waals surface area contributed by atoms with Gasteiger partial charge in [-0.1, -0.05) is 27.2 Å². The average Bonchev–Trinajstić information content (AvgIpc) is 2.46. The summed E-state index contributed by atoms with van der Waals surface area (Å²) in [6.45, 7) is 11.3. The fourth-order valence-corrected chi connectivity index (χ4v) is 3.27. The highest BCUT2D eigenvalue weighted by atomic mass is 16.6. The van der Waals surface area contributed by atoms with Crippen molar-refractivity contribution in [2.45, 2.75) is 79.1 Å². The van der Waals surface area contributed by atoms with Gasteiger partial charge in [-0.2, -0.15) is 0 Å². The van der Waals surface area contributed by atoms with E-state index in [2.05, 4.69) is 26.1 Å². The van der Waals surface area contributed by atoms with E-state index in [4.69, 9.17) is 4.74 Å². The Labute approximate surface area is 140 Å². The second-order valence-electron chi connectivity index (χ2n) is 7.55. The van der Waals surface area contributed by atoms with E-state index >= 15 is 0 Å². The molecule has 1 amide bonds. The van der Waals surface area contributed by atoms with E-state index in [-0.39, 0.29) is 11.8 Å². The van der Waals surface area contributed by atoms with E-state index in [1.807, 2.05) is 0 Å². The van der Waals surface area contributed by atoms with Crippen LogP contribution in [0.2, 0.25) is 0 Å². The molecular weight excluding hydrogens is 294 g/mol. The van der Waals surface area contributed by atoms with Crippen LogP contribution in [0.4, 0.5) is 0 Å². The highest BCUT2D eigenvalue weighted by Gasteiger charge is 2.36. The lowest BCUT2D eigenvalue weighted by Crippen LogP contribution is -2.47. The molecule has 0 saturated heterocycles. The number of rotatable bonds is 6. The molecule has 0 heterocycles. The topological polar surface area (TPSA) is 75.6 Å². The second kappa shape index (κ2) is 8.67. The standard InChI is InChI=1S/C18H33NO4/c1-10(2)15-8-7-11(3)9-16(15)17(21)19-12(4)18(22)23-14(6)13(5)20/h10-16,20H,7-9H2,1-6H3,(H,19,21)/t11-,12?,13?,14?,15+,16-/m1/s1. The lowest BCUT2D eigenvalue weighted by molar-refractivity contribution is -0.156. The Morgan fingerprint density at radius 3 is 2.26 bits per heavy atom. The van der Waals surface area contributed by atoms with Gasteiger partial charge >= 0.3 is 5.97 Å². The Morgan fingerprint density at radius 1 is 1.13 bits per heavy atom. The highest BCUT2D eigenvalue weighted by molar-refractivity contribution is 5.85. The van der Waals surface area contributed by atoms with Gasteiger partial charge in [-0.15, -0.1) is 0 Å². The van der Waals surface area contributed by atoms with Crippen LogP contribution >= 0.6 is 0 Å². The lowest BCUT2D eigenvalue weighted by atomic mass is 9.69. The number of amides is 1. The summed E-state index contributed by atoms with van der Waals surface area (Å²) in [5.74, 6) is 0.768. The van der Waals surface area contributed by atoms with Crippen LogP contribution in [-0.4, -0.2) is 35.2 Å². The van der Waals surface area contributed by atoms with E-state index in [0.29, 0.717) is 17.8 Å². The zero-order valence-corrected chi connectivity index (χ0v) is 15.3. The largest absolute Gasteiger partial charge is 0.458 e. The number of aliphatic hydroxyl groups excluding tert-OH is 1. The summed E-state index contributed by atoms with van der Waals surface area (Å²) >= 11 is 0. The Morgan fingerprint density at radius 2 is 1.74 bits per heavy atom. The SMILES string of the molecule is CC(NC(=O)[C@@H]1C[C@H](C)CC[C@H]1C(C)C)C(=O)OC(C)C(C)O. The second-order valence-corrected chi connectivity index (χ2v) is 7.55. The molecule has 134 valence electrons. The van der Waals surface area contributed by atoms with Crippen LogP contribution in [0.25, 0.3) is 0 Å². The van der Waals surface area contributed by atoms with Crippen molar-refractivity contribution in [2.24, 2.45) is 23.7 Å². The zero-order valence-electron chi connectivity index (χ0n) is 15.3. The Kier molecular flexibility index (Phi) is 7.52. The number of hydrogen-bond acceptors (Lipinski definition) is 4. The monoisotopic (exact) mass is 327 g/mol. The quantitative estimate of drug-likeness (QED) is 0.735. The lowest BCUT2D eigenvalue weighted by Gasteiger charge is -2.36. The van der Waals surface area contributed by atoms with Crippen molar-refractivity contribution in [1.82, 2.24) is 5.32 Å². The molecule has 0 radical (unpaired) electrons. The summed E-state index contributed by atoms with van der Waals surface area (Å²) < 4.78 is 5.15. The van der Waals surface area contributed by atoms with Crippen molar-refractivity contribution in [3.63, 3.8) is 0 Å². The van der Waals surface area contributed by atoms with Gasteiger partial charge in [0.05, 0.1) is 6.10 Å². The van der Waals surface area contributed by atoms with Crippen LogP contribution in [0, 0.1) is 23.7 Å². The van der Waals surface area contributed by atoms with E-state index < -0.39 is 24.2 Å². The molecule has 1 rings (SSSR count). The van der Waals surface area contributed by atoms with Gasteiger partial charge in [0.2, 0.25) is 5.91 Å². The molecule has 5 nitrogen and oxygen atoms in total. The third-order valence-electron chi connectivity index (χ3n) is 5.05. The first-order chi connectivity index (χ1) is 10.6. The van der Waals surface area contributed by atoms with Gasteiger partial charge in [-0.25, -0.2) is 4.79 Å². The fraction of sp³-hybridized carbons (Fsp3) is 0.889. The molecule has 23 heavy (non-hydrogen) atoms. The predicted octanol–water partition coefficient (Wildman–Crippen LogP) is 2.51. The molecule has 0 aliphatic heterocycles. The molecule has 0 aromatic heterocycles. The molecule has 0 aromatic carbocycles. The van der Waals surface area contributed by atoms with Crippen molar-refractivity contribution < 1.29 is 19.4 Å². The third-order valence-corrected chi connectivity index (χ3v) is 5.05. The number of hydrogen-bond donors (Lipinski definition) is 2. The van der Waals surface area contributed by atoms with Gasteiger partial charge in [0, 0.05) is 5.92 Å². The number of aliphatic hydroxyl groups is 1. The van der Waals surface area contributed by atoms with Crippen molar-refractivity contribution in [1.29, 1.82) is 0 Å². The first-order valence-corrected chi connectivity index (χ1v) is 8.82. The molecule has 0 spiro atoms. The highest BCUT2D eigenvalue weighted by Crippen LogP contribution is 2.38. The van der Waals surface area contributed by atoms with E-state index in [9.17, 15) is 14.7 Å². The first kappa shape index (κ1) is 19.9. The summed E-state index contributed by atoms with van der Waals surface area (Å²) in [5, 5.41) is 12.2. The maximum Gasteiger partial charge on any atom is 0.328 e. The molecule has 0 bridgehead atoms. The maximum atomic E-state index is 12.6. The van der Waals surface area contributed by atoms with Crippen LogP contribution in [0.15, 0.2) is 0 Å². The minimum atomic E-state index is -0.730. The van der Waals surface area contributed by atoms with Gasteiger partial charge in [0.1, 0.15) is 12.1 Å². The van der Waals surface area contributed by atoms with Crippen molar-refractivity contribution in [3.8, 4) is 0 Å². The first-order valence-electron chi connectivity index (χ1n) is 8.82. The van der Waals surface area contributed by atoms with Gasteiger partial charge < -0.3 is 15.2 Å². The van der Waals surface area contributed by atoms with E-state index in [1.54, 1.807) is 20.8 Å². The molecule has 1 aliphatic rings. The van der Waals surface area contributed by atoms with Gasteiger partial charge in [0.25, 0.3) is 0 Å². The summed E-state index contributed by atoms with van der Waals surface area (Å²) in [4.78, 5) is 24.6. The molecule has 3 unspecified atom stereocenters. The summed E-state index contributed by atoms with van der Waals surface area (Å²) in [6, 6.07) is -0.700. The van der Waals surface area contributed by atoms with Gasteiger partial charge in [-0.3, -0.25) is 4.79 Å². The van der Waals surface area contributed by atoms with Crippen molar-refractivity contribution >= 4 is 11.9 Å². The van der Waals surface area contributed by atoms with Crippen LogP contribution < -0.4 is 5.32 Å². The maximum absolute atomic E-state index is 12.6. The molecule has 1 saturated carbocycles. The smallest absolute Gasteiger partial charge is 0.328 e. The van der Waals surface area contributed by atoms with Gasteiger partial charge in [0.15, 0.2) is 0 Å². The molecule has 5 heteroatoms. The summed E-state index contributed by atoms with van der Waals surface area (Å²) in [7, 11) is 0. The van der Waals surface area contributed by atoms with Crippen molar-refractivity contribution in [2.75, 3.05) is 0 Å². The van der Waals surface area contributed by atoms with Crippen LogP contribution in [0.3, 0.4) is 0 Å². The minimum absolute atomic E-state index is 0.0387. The van der Waals surface area contributed by atoms with Gasteiger partial charge in [-0.05, 0) is 51.4 Å². The van der Waals surface area contributed by atoms with E-state index in [1.165, 1.54) is 0 Å². The molecule has 1 fully saturated rings. The Hall–Kier alpha value is -1.10. The third kappa shape index (κ3) is 5.79. The molecule has 6 atom stereocenters. The van der Waals surface area contributed by atoms with E-state index in [0.717, 1.165) is 19.3 Å². The molecule has 1 aliphatic carbocycles. The molecule has 2 N–H and O–H groups in total.